The first-order chi connectivity index (χ1) is 14.2. The van der Waals surface area contributed by atoms with E-state index < -0.39 is 0 Å². The van der Waals surface area contributed by atoms with Crippen LogP contribution in [-0.2, 0) is 6.54 Å². The summed E-state index contributed by atoms with van der Waals surface area (Å²) in [6.07, 6.45) is 2.17. The number of methoxy groups -OCH3 is 2. The molecule has 2 heterocycles. The lowest BCUT2D eigenvalue weighted by Crippen LogP contribution is -2.27. The van der Waals surface area contributed by atoms with Crippen LogP contribution in [0.5, 0.6) is 11.5 Å². The lowest BCUT2D eigenvalue weighted by Gasteiger charge is -2.15. The Bertz CT molecular complexity index is 994. The van der Waals surface area contributed by atoms with Crippen LogP contribution in [0.3, 0.4) is 0 Å². The molecule has 0 spiro atoms. The second-order valence-corrected chi connectivity index (χ2v) is 6.91. The number of rotatable bonds is 6. The minimum Gasteiger partial charge on any atom is -0.493 e. The molecule has 0 unspecified atom stereocenters. The first-order valence-corrected chi connectivity index (χ1v) is 9.56. The van der Waals surface area contributed by atoms with Crippen LogP contribution in [0.2, 0.25) is 0 Å². The monoisotopic (exact) mass is 393 g/mol. The third-order valence-electron chi connectivity index (χ3n) is 5.01. The first kappa shape index (κ1) is 18.9. The van der Waals surface area contributed by atoms with E-state index in [4.69, 9.17) is 9.47 Å². The Morgan fingerprint density at radius 1 is 1.00 bits per heavy atom. The van der Waals surface area contributed by atoms with E-state index in [0.717, 1.165) is 37.1 Å². The van der Waals surface area contributed by atoms with Gasteiger partial charge >= 0.3 is 0 Å². The highest BCUT2D eigenvalue weighted by atomic mass is 16.5. The number of carbonyl (C=O) groups is 1. The molecule has 0 saturated carbocycles. The summed E-state index contributed by atoms with van der Waals surface area (Å²) in [6, 6.07) is 13.1. The minimum absolute atomic E-state index is 0.101. The van der Waals surface area contributed by atoms with Gasteiger partial charge in [-0.15, -0.1) is 10.2 Å². The summed E-state index contributed by atoms with van der Waals surface area (Å²) in [5.41, 5.74) is 2.51. The second kappa shape index (κ2) is 8.30. The van der Waals surface area contributed by atoms with Crippen LogP contribution in [0.25, 0.3) is 11.4 Å². The number of nitrogens with zero attached hydrogens (tertiary/aromatic N) is 5. The quantitative estimate of drug-likeness (QED) is 0.640. The van der Waals surface area contributed by atoms with Gasteiger partial charge in [-0.1, -0.05) is 12.1 Å². The molecule has 0 atom stereocenters. The normalized spacial score (nSPS) is 13.5. The number of hydrogen-bond donors (Lipinski definition) is 0. The summed E-state index contributed by atoms with van der Waals surface area (Å²) in [7, 11) is 3.18. The fraction of sp³-hybridized carbons (Fsp3) is 0.333. The van der Waals surface area contributed by atoms with Gasteiger partial charge in [0.25, 0.3) is 5.91 Å². The van der Waals surface area contributed by atoms with Crippen molar-refractivity contribution in [3.05, 3.63) is 53.6 Å². The van der Waals surface area contributed by atoms with Crippen LogP contribution in [-0.4, -0.2) is 58.3 Å². The molecule has 0 bridgehead atoms. The maximum absolute atomic E-state index is 12.4. The van der Waals surface area contributed by atoms with Crippen molar-refractivity contribution in [3.8, 4) is 22.9 Å². The Balaban J connectivity index is 1.46. The van der Waals surface area contributed by atoms with Crippen LogP contribution >= 0.6 is 0 Å². The van der Waals surface area contributed by atoms with Gasteiger partial charge in [-0.05, 0) is 54.0 Å². The number of amides is 1. The van der Waals surface area contributed by atoms with Crippen molar-refractivity contribution < 1.29 is 14.3 Å². The molecule has 1 fully saturated rings. The summed E-state index contributed by atoms with van der Waals surface area (Å²) in [5.74, 6) is 1.86. The molecule has 0 radical (unpaired) electrons. The molecule has 8 heteroatoms. The number of aromatic nitrogens is 4. The smallest absolute Gasteiger partial charge is 0.253 e. The molecule has 1 saturated heterocycles. The van der Waals surface area contributed by atoms with E-state index in [1.807, 2.05) is 47.4 Å². The zero-order chi connectivity index (χ0) is 20.2. The van der Waals surface area contributed by atoms with Crippen molar-refractivity contribution in [3.63, 3.8) is 0 Å². The van der Waals surface area contributed by atoms with Gasteiger partial charge in [0.2, 0.25) is 5.82 Å². The summed E-state index contributed by atoms with van der Waals surface area (Å²) < 4.78 is 10.6. The van der Waals surface area contributed by atoms with Gasteiger partial charge in [0.05, 0.1) is 20.8 Å². The number of ether oxygens (including phenoxy) is 2. The van der Waals surface area contributed by atoms with Gasteiger partial charge in [-0.25, -0.2) is 0 Å². The van der Waals surface area contributed by atoms with Crippen LogP contribution in [0, 0.1) is 0 Å². The van der Waals surface area contributed by atoms with Crippen LogP contribution in [0.4, 0.5) is 0 Å². The average Bonchev–Trinajstić information content (AvgIpc) is 3.46. The molecule has 8 nitrogen and oxygen atoms in total. The first-order valence-electron chi connectivity index (χ1n) is 9.56. The second-order valence-electron chi connectivity index (χ2n) is 6.91. The Morgan fingerprint density at radius 3 is 2.41 bits per heavy atom. The minimum atomic E-state index is 0.101. The highest BCUT2D eigenvalue weighted by molar-refractivity contribution is 5.94. The largest absolute Gasteiger partial charge is 0.493 e. The Kier molecular flexibility index (Phi) is 5.41. The van der Waals surface area contributed by atoms with Gasteiger partial charge in [-0.2, -0.15) is 4.80 Å². The average molecular weight is 393 g/mol. The molecule has 1 aliphatic heterocycles. The molecule has 0 N–H and O–H groups in total. The molecule has 29 heavy (non-hydrogen) atoms. The summed E-state index contributed by atoms with van der Waals surface area (Å²) in [6.45, 7) is 2.17. The van der Waals surface area contributed by atoms with Crippen molar-refractivity contribution >= 4 is 5.91 Å². The van der Waals surface area contributed by atoms with E-state index in [2.05, 4.69) is 15.4 Å². The molecule has 1 aromatic heterocycles. The molecule has 1 aliphatic rings. The SMILES string of the molecule is COc1ccc(-c2nnn(Cc3ccc(C(=O)N4CCCC4)cc3)n2)cc1OC. The Morgan fingerprint density at radius 2 is 1.72 bits per heavy atom. The molecule has 0 aliphatic carbocycles. The van der Waals surface area contributed by atoms with Crippen molar-refractivity contribution in [1.82, 2.24) is 25.1 Å². The number of likely N-dealkylation sites (tertiary alicyclic amines) is 1. The maximum Gasteiger partial charge on any atom is 0.253 e. The topological polar surface area (TPSA) is 82.4 Å². The molecule has 1 amide bonds. The Hall–Kier alpha value is -3.42. The molecule has 150 valence electrons. The van der Waals surface area contributed by atoms with Crippen molar-refractivity contribution in [2.75, 3.05) is 27.3 Å². The van der Waals surface area contributed by atoms with E-state index in [-0.39, 0.29) is 5.91 Å². The molecule has 3 aromatic rings. The number of benzene rings is 2. The highest BCUT2D eigenvalue weighted by Crippen LogP contribution is 2.30. The Labute approximate surface area is 169 Å². The van der Waals surface area contributed by atoms with Crippen LogP contribution in [0.15, 0.2) is 42.5 Å². The molecular weight excluding hydrogens is 370 g/mol. The van der Waals surface area contributed by atoms with Gasteiger partial charge in [-0.3, -0.25) is 4.79 Å². The number of carbonyl (C=O) groups excluding carboxylic acids is 1. The predicted octanol–water partition coefficient (Wildman–Crippen LogP) is 2.64. The van der Waals surface area contributed by atoms with Crippen molar-refractivity contribution in [2.45, 2.75) is 19.4 Å². The van der Waals surface area contributed by atoms with Crippen molar-refractivity contribution in [2.24, 2.45) is 0 Å². The lowest BCUT2D eigenvalue weighted by molar-refractivity contribution is 0.0793. The molecule has 4 rings (SSSR count). The fourth-order valence-electron chi connectivity index (χ4n) is 3.42. The lowest BCUT2D eigenvalue weighted by atomic mass is 10.1. The van der Waals surface area contributed by atoms with E-state index in [0.29, 0.717) is 29.4 Å². The van der Waals surface area contributed by atoms with E-state index in [9.17, 15) is 4.79 Å². The van der Waals surface area contributed by atoms with E-state index in [1.165, 1.54) is 4.80 Å². The molecule has 2 aromatic carbocycles. The molecular formula is C21H23N5O3. The van der Waals surface area contributed by atoms with Crippen LogP contribution in [0.1, 0.15) is 28.8 Å². The van der Waals surface area contributed by atoms with E-state index in [1.54, 1.807) is 14.2 Å². The number of tetrazole rings is 1. The predicted molar refractivity (Wildman–Crippen MR) is 107 cm³/mol. The van der Waals surface area contributed by atoms with Gasteiger partial charge in [0.15, 0.2) is 11.5 Å². The number of hydrogen-bond acceptors (Lipinski definition) is 6. The van der Waals surface area contributed by atoms with Gasteiger partial charge in [0, 0.05) is 24.2 Å². The third kappa shape index (κ3) is 4.06. The van der Waals surface area contributed by atoms with Gasteiger partial charge < -0.3 is 14.4 Å². The summed E-state index contributed by atoms with van der Waals surface area (Å²) in [5, 5.41) is 12.7. The third-order valence-corrected chi connectivity index (χ3v) is 5.01. The van der Waals surface area contributed by atoms with Gasteiger partial charge in [0.1, 0.15) is 0 Å². The summed E-state index contributed by atoms with van der Waals surface area (Å²) >= 11 is 0. The zero-order valence-electron chi connectivity index (χ0n) is 16.5. The van der Waals surface area contributed by atoms with E-state index >= 15 is 0 Å². The standard InChI is InChI=1S/C21H23N5O3/c1-28-18-10-9-17(13-19(18)29-2)20-22-24-26(23-20)14-15-5-7-16(8-6-15)21(27)25-11-3-4-12-25/h5-10,13H,3-4,11-12,14H2,1-2H3. The zero-order valence-corrected chi connectivity index (χ0v) is 16.5. The van der Waals surface area contributed by atoms with Crippen LogP contribution < -0.4 is 9.47 Å². The summed E-state index contributed by atoms with van der Waals surface area (Å²) in [4.78, 5) is 15.9. The maximum atomic E-state index is 12.4. The van der Waals surface area contributed by atoms with Crippen molar-refractivity contribution in [1.29, 1.82) is 0 Å². The fourth-order valence-corrected chi connectivity index (χ4v) is 3.42. The highest BCUT2D eigenvalue weighted by Gasteiger charge is 2.19.